The van der Waals surface area contributed by atoms with Gasteiger partial charge in [-0.25, -0.2) is 0 Å². The minimum absolute atomic E-state index is 0.206. The molecule has 0 aliphatic carbocycles. The van der Waals surface area contributed by atoms with E-state index in [9.17, 15) is 4.79 Å². The van der Waals surface area contributed by atoms with Crippen LogP contribution in [0.25, 0.3) is 0 Å². The Morgan fingerprint density at radius 2 is 2.16 bits per heavy atom. The van der Waals surface area contributed by atoms with Crippen molar-refractivity contribution in [1.29, 1.82) is 0 Å². The van der Waals surface area contributed by atoms with Crippen LogP contribution in [0.4, 0.5) is 0 Å². The van der Waals surface area contributed by atoms with Crippen LogP contribution >= 0.6 is 0 Å². The molecule has 0 N–H and O–H groups in total. The predicted molar refractivity (Wildman–Crippen MR) is 76.7 cm³/mol. The summed E-state index contributed by atoms with van der Waals surface area (Å²) in [6, 6.07) is 5.95. The van der Waals surface area contributed by atoms with E-state index in [1.165, 1.54) is 11.1 Å². The SMILES string of the molecule is Cc1ccc(C(=O)CN2CCCOC(C)C2)cc1C. The minimum Gasteiger partial charge on any atom is -0.377 e. The summed E-state index contributed by atoms with van der Waals surface area (Å²) in [5.41, 5.74) is 3.23. The molecule has 3 heteroatoms. The van der Waals surface area contributed by atoms with Gasteiger partial charge in [-0.2, -0.15) is 0 Å². The fourth-order valence-corrected chi connectivity index (χ4v) is 2.43. The van der Waals surface area contributed by atoms with Gasteiger partial charge in [0, 0.05) is 25.3 Å². The number of Topliss-reactive ketones (excluding diaryl/α,β-unsaturated/α-hetero) is 1. The lowest BCUT2D eigenvalue weighted by Gasteiger charge is -2.20. The molecule has 1 atom stereocenters. The quantitative estimate of drug-likeness (QED) is 0.783. The van der Waals surface area contributed by atoms with Crippen LogP contribution in [-0.4, -0.2) is 43.0 Å². The molecular formula is C16H23NO2. The van der Waals surface area contributed by atoms with Crippen molar-refractivity contribution in [2.45, 2.75) is 33.3 Å². The van der Waals surface area contributed by atoms with Crippen molar-refractivity contribution in [3.05, 3.63) is 34.9 Å². The van der Waals surface area contributed by atoms with E-state index in [4.69, 9.17) is 4.74 Å². The van der Waals surface area contributed by atoms with E-state index >= 15 is 0 Å². The maximum atomic E-state index is 12.3. The Hall–Kier alpha value is -1.19. The van der Waals surface area contributed by atoms with Gasteiger partial charge in [-0.1, -0.05) is 12.1 Å². The maximum Gasteiger partial charge on any atom is 0.176 e. The summed E-state index contributed by atoms with van der Waals surface area (Å²) in [7, 11) is 0. The van der Waals surface area contributed by atoms with E-state index < -0.39 is 0 Å². The van der Waals surface area contributed by atoms with Crippen molar-refractivity contribution in [2.24, 2.45) is 0 Å². The molecule has 0 saturated carbocycles. The first-order chi connectivity index (χ1) is 9.06. The summed E-state index contributed by atoms with van der Waals surface area (Å²) >= 11 is 0. The number of carbonyl (C=O) groups is 1. The molecule has 104 valence electrons. The molecule has 1 aliphatic rings. The Balaban J connectivity index is 2.01. The number of benzene rings is 1. The third-order valence-corrected chi connectivity index (χ3v) is 3.73. The highest BCUT2D eigenvalue weighted by Gasteiger charge is 2.18. The van der Waals surface area contributed by atoms with E-state index in [2.05, 4.69) is 18.7 Å². The van der Waals surface area contributed by atoms with Crippen LogP contribution in [0.15, 0.2) is 18.2 Å². The molecule has 0 radical (unpaired) electrons. The molecule has 2 rings (SSSR count). The lowest BCUT2D eigenvalue weighted by Crippen LogP contribution is -2.34. The standard InChI is InChI=1S/C16H23NO2/c1-12-5-6-15(9-13(12)2)16(18)11-17-7-4-8-19-14(3)10-17/h5-6,9,14H,4,7-8,10-11H2,1-3H3. The molecule has 0 aromatic heterocycles. The minimum atomic E-state index is 0.206. The van der Waals surface area contributed by atoms with E-state index in [-0.39, 0.29) is 11.9 Å². The summed E-state index contributed by atoms with van der Waals surface area (Å²) in [5.74, 6) is 0.206. The van der Waals surface area contributed by atoms with E-state index in [0.29, 0.717) is 6.54 Å². The summed E-state index contributed by atoms with van der Waals surface area (Å²) in [6.45, 7) is 9.27. The van der Waals surface area contributed by atoms with Gasteiger partial charge in [-0.3, -0.25) is 9.69 Å². The molecular weight excluding hydrogens is 238 g/mol. The lowest BCUT2D eigenvalue weighted by atomic mass is 10.0. The second kappa shape index (κ2) is 6.31. The van der Waals surface area contributed by atoms with E-state index in [1.807, 2.05) is 25.1 Å². The number of ketones is 1. The van der Waals surface area contributed by atoms with Gasteiger partial charge in [-0.15, -0.1) is 0 Å². The van der Waals surface area contributed by atoms with Crippen LogP contribution in [0.1, 0.15) is 34.8 Å². The number of carbonyl (C=O) groups excluding carboxylic acids is 1. The Morgan fingerprint density at radius 1 is 1.37 bits per heavy atom. The monoisotopic (exact) mass is 261 g/mol. The fraction of sp³-hybridized carbons (Fsp3) is 0.562. The molecule has 1 aliphatic heterocycles. The third-order valence-electron chi connectivity index (χ3n) is 3.73. The van der Waals surface area contributed by atoms with Crippen molar-refractivity contribution in [2.75, 3.05) is 26.2 Å². The molecule has 1 unspecified atom stereocenters. The molecule has 3 nitrogen and oxygen atoms in total. The summed E-state index contributed by atoms with van der Waals surface area (Å²) in [5, 5.41) is 0. The van der Waals surface area contributed by atoms with Crippen molar-refractivity contribution in [3.8, 4) is 0 Å². The summed E-state index contributed by atoms with van der Waals surface area (Å²) in [6.07, 6.45) is 1.22. The molecule has 0 spiro atoms. The van der Waals surface area contributed by atoms with Gasteiger partial charge < -0.3 is 4.74 Å². The Bertz CT molecular complexity index is 456. The number of hydrogen-bond acceptors (Lipinski definition) is 3. The average Bonchev–Trinajstić information content (AvgIpc) is 2.57. The Morgan fingerprint density at radius 3 is 2.89 bits per heavy atom. The normalized spacial score (nSPS) is 21.1. The molecule has 19 heavy (non-hydrogen) atoms. The highest BCUT2D eigenvalue weighted by atomic mass is 16.5. The predicted octanol–water partition coefficient (Wildman–Crippen LogP) is 2.60. The smallest absolute Gasteiger partial charge is 0.176 e. The molecule has 1 aromatic rings. The van der Waals surface area contributed by atoms with Crippen LogP contribution in [0, 0.1) is 13.8 Å². The molecule has 0 amide bonds. The zero-order valence-corrected chi connectivity index (χ0v) is 12.1. The average molecular weight is 261 g/mol. The number of aryl methyl sites for hydroxylation is 2. The van der Waals surface area contributed by atoms with Gasteiger partial charge in [0.1, 0.15) is 0 Å². The van der Waals surface area contributed by atoms with Crippen LogP contribution in [-0.2, 0) is 4.74 Å². The number of ether oxygens (including phenoxy) is 1. The van der Waals surface area contributed by atoms with Crippen LogP contribution < -0.4 is 0 Å². The molecule has 1 heterocycles. The van der Waals surface area contributed by atoms with Crippen LogP contribution in [0.3, 0.4) is 0 Å². The zero-order valence-electron chi connectivity index (χ0n) is 12.1. The van der Waals surface area contributed by atoms with Crippen molar-refractivity contribution in [3.63, 3.8) is 0 Å². The van der Waals surface area contributed by atoms with Gasteiger partial charge in [0.05, 0.1) is 12.6 Å². The van der Waals surface area contributed by atoms with Gasteiger partial charge in [0.25, 0.3) is 0 Å². The first kappa shape index (κ1) is 14.2. The first-order valence-corrected chi connectivity index (χ1v) is 7.00. The Labute approximate surface area is 115 Å². The topological polar surface area (TPSA) is 29.5 Å². The van der Waals surface area contributed by atoms with E-state index in [0.717, 1.165) is 31.7 Å². The molecule has 0 bridgehead atoms. The highest BCUT2D eigenvalue weighted by molar-refractivity contribution is 5.97. The van der Waals surface area contributed by atoms with Gasteiger partial charge in [-0.05, 0) is 44.4 Å². The summed E-state index contributed by atoms with van der Waals surface area (Å²) in [4.78, 5) is 14.5. The van der Waals surface area contributed by atoms with Crippen molar-refractivity contribution in [1.82, 2.24) is 4.90 Å². The number of nitrogens with zero attached hydrogens (tertiary/aromatic N) is 1. The second-order valence-corrected chi connectivity index (χ2v) is 5.49. The lowest BCUT2D eigenvalue weighted by molar-refractivity contribution is 0.0657. The second-order valence-electron chi connectivity index (χ2n) is 5.49. The zero-order chi connectivity index (χ0) is 13.8. The first-order valence-electron chi connectivity index (χ1n) is 7.00. The Kier molecular flexibility index (Phi) is 4.72. The van der Waals surface area contributed by atoms with Crippen LogP contribution in [0.5, 0.6) is 0 Å². The fourth-order valence-electron chi connectivity index (χ4n) is 2.43. The largest absolute Gasteiger partial charge is 0.377 e. The van der Waals surface area contributed by atoms with E-state index in [1.54, 1.807) is 0 Å². The third kappa shape index (κ3) is 3.88. The number of hydrogen-bond donors (Lipinski definition) is 0. The highest BCUT2D eigenvalue weighted by Crippen LogP contribution is 2.12. The molecule has 1 fully saturated rings. The molecule has 1 saturated heterocycles. The van der Waals surface area contributed by atoms with Gasteiger partial charge in [0.2, 0.25) is 0 Å². The van der Waals surface area contributed by atoms with Gasteiger partial charge in [0.15, 0.2) is 5.78 Å². The van der Waals surface area contributed by atoms with Crippen LogP contribution in [0.2, 0.25) is 0 Å². The molecule has 1 aromatic carbocycles. The summed E-state index contributed by atoms with van der Waals surface area (Å²) < 4.78 is 5.60. The maximum absolute atomic E-state index is 12.3. The van der Waals surface area contributed by atoms with Gasteiger partial charge >= 0.3 is 0 Å². The van der Waals surface area contributed by atoms with Crippen molar-refractivity contribution < 1.29 is 9.53 Å². The van der Waals surface area contributed by atoms with Crippen molar-refractivity contribution >= 4 is 5.78 Å². The number of rotatable bonds is 3.